The van der Waals surface area contributed by atoms with Gasteiger partial charge in [0.15, 0.2) is 0 Å². The minimum absolute atomic E-state index is 0.617. The van der Waals surface area contributed by atoms with Gasteiger partial charge in [-0.2, -0.15) is 5.43 Å². The highest BCUT2D eigenvalue weighted by Crippen LogP contribution is 2.18. The number of fused-ring (bicyclic) bond motifs is 1. The maximum atomic E-state index is 10.0. The number of nitrogens with one attached hydrogen (secondary N) is 1. The van der Waals surface area contributed by atoms with E-state index >= 15 is 0 Å². The molecule has 0 atom stereocenters. The predicted octanol–water partition coefficient (Wildman–Crippen LogP) is 2.47. The van der Waals surface area contributed by atoms with Crippen LogP contribution in [0.1, 0.15) is 0 Å². The van der Waals surface area contributed by atoms with Crippen LogP contribution in [0.5, 0.6) is 0 Å². The lowest BCUT2D eigenvalue weighted by Gasteiger charge is -1.99. The summed E-state index contributed by atoms with van der Waals surface area (Å²) in [6, 6.07) is 13.5. The zero-order valence-electron chi connectivity index (χ0n) is 8.33. The molecular weight excluding hydrogens is 206 g/mol. The molecule has 0 unspecified atom stereocenters. The molecule has 0 bridgehead atoms. The molecule has 2 aromatic rings. The lowest BCUT2D eigenvalue weighted by molar-refractivity contribution is -0.339. The van der Waals surface area contributed by atoms with Gasteiger partial charge in [0, 0.05) is 5.10 Å². The van der Waals surface area contributed by atoms with Gasteiger partial charge in [0.2, 0.25) is 0 Å². The van der Waals surface area contributed by atoms with Crippen LogP contribution in [0.2, 0.25) is 0 Å². The SMILES string of the molecule is O=[N+]([O-])/C=N\Nc1ccc2ccccc2c1. The fraction of sp³-hybridized carbons (Fsp3) is 0. The summed E-state index contributed by atoms with van der Waals surface area (Å²) in [5.41, 5.74) is 3.32. The van der Waals surface area contributed by atoms with Crippen molar-refractivity contribution in [2.45, 2.75) is 0 Å². The largest absolute Gasteiger partial charge is 0.358 e. The summed E-state index contributed by atoms with van der Waals surface area (Å²) >= 11 is 0. The number of nitrogens with zero attached hydrogens (tertiary/aromatic N) is 2. The topological polar surface area (TPSA) is 67.5 Å². The van der Waals surface area contributed by atoms with E-state index in [1.807, 2.05) is 42.5 Å². The third-order valence-corrected chi connectivity index (χ3v) is 2.10. The first-order chi connectivity index (χ1) is 7.75. The van der Waals surface area contributed by atoms with Gasteiger partial charge in [-0.3, -0.25) is 0 Å². The molecule has 2 aromatic carbocycles. The normalized spacial score (nSPS) is 10.8. The molecule has 5 heteroatoms. The number of anilines is 1. The van der Waals surface area contributed by atoms with Gasteiger partial charge >= 0.3 is 6.34 Å². The van der Waals surface area contributed by atoms with Crippen molar-refractivity contribution >= 4 is 22.8 Å². The number of hydrazone groups is 1. The molecule has 0 amide bonds. The van der Waals surface area contributed by atoms with E-state index in [4.69, 9.17) is 0 Å². The predicted molar refractivity (Wildman–Crippen MR) is 63.1 cm³/mol. The Hall–Kier alpha value is -2.43. The smallest absolute Gasteiger partial charge is 0.352 e. The van der Waals surface area contributed by atoms with Crippen LogP contribution >= 0.6 is 0 Å². The van der Waals surface area contributed by atoms with Crippen LogP contribution < -0.4 is 5.43 Å². The Kier molecular flexibility index (Phi) is 2.77. The lowest BCUT2D eigenvalue weighted by Crippen LogP contribution is -1.96. The zero-order valence-corrected chi connectivity index (χ0v) is 8.33. The molecule has 0 saturated carbocycles. The Bertz CT molecular complexity index is 552. The van der Waals surface area contributed by atoms with Crippen LogP contribution in [0.4, 0.5) is 5.69 Å². The number of nitro groups is 1. The molecule has 0 radical (unpaired) electrons. The standard InChI is InChI=1S/C11H9N3O2/c15-14(16)8-12-13-11-6-5-9-3-1-2-4-10(9)7-11/h1-8,13H/b12-8-. The van der Waals surface area contributed by atoms with Crippen LogP contribution in [-0.2, 0) is 0 Å². The van der Waals surface area contributed by atoms with Crippen molar-refractivity contribution in [2.75, 3.05) is 5.43 Å². The van der Waals surface area contributed by atoms with Crippen LogP contribution in [0.25, 0.3) is 10.8 Å². The van der Waals surface area contributed by atoms with Crippen molar-refractivity contribution in [2.24, 2.45) is 5.10 Å². The summed E-state index contributed by atoms with van der Waals surface area (Å²) in [5.74, 6) is 0. The average molecular weight is 215 g/mol. The van der Waals surface area contributed by atoms with Crippen molar-refractivity contribution in [1.82, 2.24) is 0 Å². The van der Waals surface area contributed by atoms with E-state index in [2.05, 4.69) is 10.5 Å². The Labute approximate surface area is 91.5 Å². The third-order valence-electron chi connectivity index (χ3n) is 2.10. The van der Waals surface area contributed by atoms with Crippen LogP contribution in [-0.4, -0.2) is 11.3 Å². The van der Waals surface area contributed by atoms with Gasteiger partial charge in [-0.25, -0.2) is 0 Å². The van der Waals surface area contributed by atoms with E-state index in [1.165, 1.54) is 0 Å². The molecule has 16 heavy (non-hydrogen) atoms. The summed E-state index contributed by atoms with van der Waals surface area (Å²) in [7, 11) is 0. The molecule has 0 heterocycles. The van der Waals surface area contributed by atoms with Gasteiger partial charge in [0.1, 0.15) is 0 Å². The molecule has 80 valence electrons. The Balaban J connectivity index is 2.23. The molecule has 0 aromatic heterocycles. The van der Waals surface area contributed by atoms with Gasteiger partial charge in [-0.1, -0.05) is 30.3 Å². The summed E-state index contributed by atoms with van der Waals surface area (Å²) < 4.78 is 0. The molecule has 0 aliphatic heterocycles. The van der Waals surface area contributed by atoms with Gasteiger partial charge < -0.3 is 10.1 Å². The van der Waals surface area contributed by atoms with Gasteiger partial charge in [-0.15, -0.1) is 0 Å². The van der Waals surface area contributed by atoms with E-state index in [-0.39, 0.29) is 0 Å². The van der Waals surface area contributed by atoms with Crippen LogP contribution in [0.3, 0.4) is 0 Å². The number of benzene rings is 2. The first-order valence-electron chi connectivity index (χ1n) is 4.67. The minimum atomic E-state index is -0.617. The molecule has 0 fully saturated rings. The maximum absolute atomic E-state index is 10.0. The Morgan fingerprint density at radius 3 is 2.69 bits per heavy atom. The number of hydrogen-bond donors (Lipinski definition) is 1. The van der Waals surface area contributed by atoms with E-state index in [0.717, 1.165) is 16.5 Å². The Morgan fingerprint density at radius 1 is 1.19 bits per heavy atom. The van der Waals surface area contributed by atoms with Crippen molar-refractivity contribution in [3.8, 4) is 0 Å². The molecule has 0 aliphatic rings. The summed E-state index contributed by atoms with van der Waals surface area (Å²) in [4.78, 5) is 9.40. The maximum Gasteiger partial charge on any atom is 0.352 e. The summed E-state index contributed by atoms with van der Waals surface area (Å²) in [6.45, 7) is 0. The van der Waals surface area contributed by atoms with Gasteiger partial charge in [-0.05, 0) is 27.8 Å². The molecule has 2 rings (SSSR count). The molecule has 5 nitrogen and oxygen atoms in total. The fourth-order valence-electron chi connectivity index (χ4n) is 1.41. The second-order valence-electron chi connectivity index (χ2n) is 3.20. The second kappa shape index (κ2) is 4.39. The van der Waals surface area contributed by atoms with Gasteiger partial charge in [0.05, 0.1) is 5.69 Å². The van der Waals surface area contributed by atoms with Crippen molar-refractivity contribution in [1.29, 1.82) is 0 Å². The van der Waals surface area contributed by atoms with Crippen molar-refractivity contribution < 1.29 is 4.92 Å². The molecule has 0 spiro atoms. The highest BCUT2D eigenvalue weighted by atomic mass is 16.6. The highest BCUT2D eigenvalue weighted by Gasteiger charge is 1.96. The van der Waals surface area contributed by atoms with Crippen LogP contribution in [0.15, 0.2) is 47.6 Å². The molecule has 0 aliphatic carbocycles. The quantitative estimate of drug-likeness (QED) is 0.370. The van der Waals surface area contributed by atoms with Crippen molar-refractivity contribution in [3.05, 3.63) is 52.6 Å². The van der Waals surface area contributed by atoms with E-state index < -0.39 is 4.92 Å². The minimum Gasteiger partial charge on any atom is -0.358 e. The summed E-state index contributed by atoms with van der Waals surface area (Å²) in [6.07, 6.45) is 0.620. The fourth-order valence-corrected chi connectivity index (χ4v) is 1.41. The highest BCUT2D eigenvalue weighted by molar-refractivity contribution is 5.85. The number of rotatable bonds is 3. The summed E-state index contributed by atoms with van der Waals surface area (Å²) in [5, 5.41) is 15.7. The van der Waals surface area contributed by atoms with E-state index in [1.54, 1.807) is 0 Å². The molecular formula is C11H9N3O2. The Morgan fingerprint density at radius 2 is 1.94 bits per heavy atom. The molecule has 0 saturated heterocycles. The lowest BCUT2D eigenvalue weighted by atomic mass is 10.1. The number of hydrogen-bond acceptors (Lipinski definition) is 4. The average Bonchev–Trinajstić information content (AvgIpc) is 2.28. The third kappa shape index (κ3) is 2.33. The van der Waals surface area contributed by atoms with E-state index in [9.17, 15) is 10.1 Å². The van der Waals surface area contributed by atoms with Crippen molar-refractivity contribution in [3.63, 3.8) is 0 Å². The van der Waals surface area contributed by atoms with E-state index in [0.29, 0.717) is 6.34 Å². The first kappa shape index (κ1) is 10.1. The molecule has 1 N–H and O–H groups in total. The van der Waals surface area contributed by atoms with Crippen LogP contribution in [0, 0.1) is 10.1 Å². The monoisotopic (exact) mass is 215 g/mol. The first-order valence-corrected chi connectivity index (χ1v) is 4.67. The van der Waals surface area contributed by atoms with Gasteiger partial charge in [0.25, 0.3) is 0 Å². The second-order valence-corrected chi connectivity index (χ2v) is 3.20. The zero-order chi connectivity index (χ0) is 11.4.